The number of carbonyl (C=O) groups excluding carboxylic acids is 1. The molecule has 0 saturated carbocycles. The Morgan fingerprint density at radius 3 is 2.75 bits per heavy atom. The van der Waals surface area contributed by atoms with Gasteiger partial charge in [-0.15, -0.1) is 0 Å². The largest absolute Gasteiger partial charge is 0.481 e. The van der Waals surface area contributed by atoms with Crippen LogP contribution in [0.25, 0.3) is 11.0 Å². The molecule has 24 heavy (non-hydrogen) atoms. The molecule has 2 heterocycles. The van der Waals surface area contributed by atoms with Gasteiger partial charge in [0.2, 0.25) is 5.91 Å². The molecule has 0 bridgehead atoms. The van der Waals surface area contributed by atoms with E-state index in [2.05, 4.69) is 12.1 Å². The van der Waals surface area contributed by atoms with Gasteiger partial charge in [0.05, 0.1) is 18.6 Å². The molecule has 2 unspecified atom stereocenters. The lowest BCUT2D eigenvalue weighted by atomic mass is 10.0. The van der Waals surface area contributed by atoms with Crippen molar-refractivity contribution >= 4 is 22.8 Å². The summed E-state index contributed by atoms with van der Waals surface area (Å²) < 4.78 is 5.66. The number of fused-ring (bicyclic) bond motifs is 2. The van der Waals surface area contributed by atoms with E-state index < -0.39 is 11.9 Å². The number of hydrogen-bond donors (Lipinski definition) is 1. The summed E-state index contributed by atoms with van der Waals surface area (Å²) in [5.74, 6) is -1.30. The van der Waals surface area contributed by atoms with Crippen LogP contribution in [-0.4, -0.2) is 34.5 Å². The highest BCUT2D eigenvalue weighted by Crippen LogP contribution is 2.31. The van der Waals surface area contributed by atoms with Crippen molar-refractivity contribution in [2.75, 3.05) is 6.54 Å². The molecule has 1 N–H and O–H groups in total. The van der Waals surface area contributed by atoms with Crippen LogP contribution in [0.4, 0.5) is 0 Å². The summed E-state index contributed by atoms with van der Waals surface area (Å²) in [5.41, 5.74) is 4.46. The van der Waals surface area contributed by atoms with Crippen LogP contribution in [0, 0.1) is 5.92 Å². The number of nitrogens with zero attached hydrogens (tertiary/aromatic N) is 1. The molecule has 1 saturated heterocycles. The van der Waals surface area contributed by atoms with Crippen molar-refractivity contribution in [2.24, 2.45) is 5.92 Å². The first-order chi connectivity index (χ1) is 11.5. The lowest BCUT2D eigenvalue weighted by molar-refractivity contribution is -0.143. The molecule has 2 atom stereocenters. The van der Waals surface area contributed by atoms with E-state index in [1.54, 1.807) is 11.2 Å². The van der Waals surface area contributed by atoms with E-state index in [0.29, 0.717) is 13.0 Å². The second-order valence-corrected chi connectivity index (χ2v) is 6.97. The first-order valence-electron chi connectivity index (χ1n) is 8.58. The summed E-state index contributed by atoms with van der Waals surface area (Å²) in [4.78, 5) is 25.6. The number of likely N-dealkylation sites (tertiary alicyclic amines) is 1. The van der Waals surface area contributed by atoms with E-state index in [1.807, 2.05) is 6.92 Å². The van der Waals surface area contributed by atoms with E-state index in [1.165, 1.54) is 17.5 Å². The highest BCUT2D eigenvalue weighted by molar-refractivity contribution is 5.89. The van der Waals surface area contributed by atoms with Crippen LogP contribution < -0.4 is 0 Å². The van der Waals surface area contributed by atoms with Crippen LogP contribution >= 0.6 is 0 Å². The minimum absolute atomic E-state index is 0.0190. The number of hydrogen-bond acceptors (Lipinski definition) is 3. The topological polar surface area (TPSA) is 70.8 Å². The monoisotopic (exact) mass is 327 g/mol. The Morgan fingerprint density at radius 2 is 2.04 bits per heavy atom. The van der Waals surface area contributed by atoms with Crippen LogP contribution in [0.5, 0.6) is 0 Å². The summed E-state index contributed by atoms with van der Waals surface area (Å²) in [5, 5.41) is 10.2. The van der Waals surface area contributed by atoms with Gasteiger partial charge < -0.3 is 14.4 Å². The third-order valence-corrected chi connectivity index (χ3v) is 5.60. The molecule has 5 nitrogen and oxygen atoms in total. The molecule has 2 aromatic rings. The third kappa shape index (κ3) is 2.39. The van der Waals surface area contributed by atoms with Gasteiger partial charge in [-0.25, -0.2) is 0 Å². The van der Waals surface area contributed by atoms with Gasteiger partial charge in [-0.1, -0.05) is 0 Å². The van der Waals surface area contributed by atoms with Gasteiger partial charge in [0.1, 0.15) is 5.58 Å². The summed E-state index contributed by atoms with van der Waals surface area (Å²) >= 11 is 0. The fourth-order valence-corrected chi connectivity index (χ4v) is 4.17. The van der Waals surface area contributed by atoms with Crippen molar-refractivity contribution in [2.45, 2.75) is 45.1 Å². The van der Waals surface area contributed by atoms with Crippen molar-refractivity contribution in [3.63, 3.8) is 0 Å². The van der Waals surface area contributed by atoms with Crippen LogP contribution in [0.3, 0.4) is 0 Å². The molecule has 126 valence electrons. The zero-order chi connectivity index (χ0) is 16.8. The Labute approximate surface area is 140 Å². The molecule has 2 aliphatic rings. The fourth-order valence-electron chi connectivity index (χ4n) is 4.17. The van der Waals surface area contributed by atoms with Gasteiger partial charge in [-0.2, -0.15) is 0 Å². The summed E-state index contributed by atoms with van der Waals surface area (Å²) in [7, 11) is 0. The number of carbonyl (C=O) groups is 2. The van der Waals surface area contributed by atoms with Gasteiger partial charge in [0, 0.05) is 23.5 Å². The van der Waals surface area contributed by atoms with Crippen LogP contribution in [0.1, 0.15) is 36.5 Å². The van der Waals surface area contributed by atoms with Crippen LogP contribution in [0.2, 0.25) is 0 Å². The molecule has 1 aromatic heterocycles. The summed E-state index contributed by atoms with van der Waals surface area (Å²) in [6.45, 7) is 2.34. The van der Waals surface area contributed by atoms with Gasteiger partial charge in [-0.05, 0) is 55.9 Å². The molecule has 1 aromatic carbocycles. The maximum atomic E-state index is 12.7. The van der Waals surface area contributed by atoms with Crippen LogP contribution in [0.15, 0.2) is 22.8 Å². The Kier molecular flexibility index (Phi) is 3.59. The zero-order valence-electron chi connectivity index (χ0n) is 13.7. The maximum Gasteiger partial charge on any atom is 0.308 e. The Bertz CT molecular complexity index is 822. The van der Waals surface area contributed by atoms with E-state index >= 15 is 0 Å². The predicted octanol–water partition coefficient (Wildman–Crippen LogP) is 2.79. The number of furan rings is 1. The number of carboxylic acid groups (broad SMARTS) is 1. The molecular weight excluding hydrogens is 306 g/mol. The van der Waals surface area contributed by atoms with Crippen LogP contribution in [-0.2, 0) is 28.9 Å². The fraction of sp³-hybridized carbons (Fsp3) is 0.474. The van der Waals surface area contributed by atoms with E-state index in [9.17, 15) is 14.7 Å². The molecule has 5 heteroatoms. The lowest BCUT2D eigenvalue weighted by Gasteiger charge is -2.23. The maximum absolute atomic E-state index is 12.7. The van der Waals surface area contributed by atoms with Gasteiger partial charge in [0.25, 0.3) is 0 Å². The predicted molar refractivity (Wildman–Crippen MR) is 88.9 cm³/mol. The average molecular weight is 327 g/mol. The normalized spacial score (nSPS) is 23.0. The summed E-state index contributed by atoms with van der Waals surface area (Å²) in [6, 6.07) is 4.01. The van der Waals surface area contributed by atoms with Crippen molar-refractivity contribution in [3.05, 3.63) is 35.1 Å². The van der Waals surface area contributed by atoms with Gasteiger partial charge in [0.15, 0.2) is 0 Å². The first-order valence-corrected chi connectivity index (χ1v) is 8.58. The Morgan fingerprint density at radius 1 is 1.29 bits per heavy atom. The molecule has 0 spiro atoms. The SMILES string of the molecule is CC1C(C(=O)O)CCN1C(=O)Cc1coc2cc3c(cc12)CCC3. The van der Waals surface area contributed by atoms with Crippen molar-refractivity contribution in [3.8, 4) is 0 Å². The highest BCUT2D eigenvalue weighted by Gasteiger charge is 2.38. The molecule has 0 radical (unpaired) electrons. The Hall–Kier alpha value is -2.30. The zero-order valence-corrected chi connectivity index (χ0v) is 13.7. The minimum atomic E-state index is -0.817. The average Bonchev–Trinajstić information content (AvgIpc) is 3.24. The van der Waals surface area contributed by atoms with Gasteiger partial charge >= 0.3 is 5.97 Å². The van der Waals surface area contributed by atoms with E-state index in [4.69, 9.17) is 4.42 Å². The molecule has 1 aliphatic heterocycles. The molecule has 1 fully saturated rings. The number of rotatable bonds is 3. The third-order valence-electron chi connectivity index (χ3n) is 5.60. The summed E-state index contributed by atoms with van der Waals surface area (Å²) in [6.07, 6.45) is 5.84. The van der Waals surface area contributed by atoms with Crippen molar-refractivity contribution in [1.29, 1.82) is 0 Å². The Balaban J connectivity index is 1.56. The number of benzene rings is 1. The minimum Gasteiger partial charge on any atom is -0.481 e. The molecule has 4 rings (SSSR count). The van der Waals surface area contributed by atoms with E-state index in [0.717, 1.165) is 29.4 Å². The lowest BCUT2D eigenvalue weighted by Crippen LogP contribution is -2.38. The smallest absolute Gasteiger partial charge is 0.308 e. The molecule has 1 amide bonds. The standard InChI is InChI=1S/C19H21NO4/c1-11-15(19(22)23)5-6-20(11)18(21)9-14-10-24-17-8-13-4-2-3-12(13)7-16(14)17/h7-8,10-11,15H,2-6,9H2,1H3,(H,22,23). The van der Waals surface area contributed by atoms with Crippen molar-refractivity contribution < 1.29 is 19.1 Å². The number of aliphatic carboxylic acids is 1. The van der Waals surface area contributed by atoms with Crippen molar-refractivity contribution in [1.82, 2.24) is 4.90 Å². The first kappa shape index (κ1) is 15.2. The van der Waals surface area contributed by atoms with Gasteiger partial charge in [-0.3, -0.25) is 9.59 Å². The van der Waals surface area contributed by atoms with E-state index in [-0.39, 0.29) is 18.4 Å². The molecule has 1 aliphatic carbocycles. The second-order valence-electron chi connectivity index (χ2n) is 6.97. The quantitative estimate of drug-likeness (QED) is 0.941. The highest BCUT2D eigenvalue weighted by atomic mass is 16.4. The number of aryl methyl sites for hydroxylation is 2. The second kappa shape index (κ2) is 5.65. The number of carboxylic acids is 1. The molecular formula is C19H21NO4. The number of amides is 1.